The largest absolute Gasteiger partial charge is 0.506 e. The normalized spacial score (nSPS) is 10.6. The van der Waals surface area contributed by atoms with Gasteiger partial charge in [0.05, 0.1) is 5.39 Å². The number of pyridine rings is 1. The molecule has 0 aliphatic heterocycles. The number of hydrogen-bond acceptors (Lipinski definition) is 4. The molecule has 0 aliphatic carbocycles. The molecule has 2 N–H and O–H groups in total. The number of benzene rings is 1. The molecule has 3 rings (SSSR count). The Morgan fingerprint density at radius 1 is 1.30 bits per heavy atom. The molecule has 0 amide bonds. The molecule has 0 atom stereocenters. The Morgan fingerprint density at radius 3 is 2.65 bits per heavy atom. The van der Waals surface area contributed by atoms with E-state index in [1.165, 1.54) is 11.3 Å². The molecule has 0 saturated heterocycles. The lowest BCUT2D eigenvalue weighted by atomic mass is 10.0. The summed E-state index contributed by atoms with van der Waals surface area (Å²) in [5, 5.41) is 21.5. The lowest BCUT2D eigenvalue weighted by molar-refractivity contribution is 0.479. The number of H-pyrrole nitrogens is 1. The van der Waals surface area contributed by atoms with Crippen LogP contribution in [0.25, 0.3) is 21.3 Å². The van der Waals surface area contributed by atoms with Crippen LogP contribution in [-0.4, -0.2) is 10.1 Å². The number of aromatic nitrogens is 1. The number of halogens is 1. The molecule has 2 aromatic heterocycles. The Kier molecular flexibility index (Phi) is 3.23. The van der Waals surface area contributed by atoms with Gasteiger partial charge >= 0.3 is 0 Å². The first-order valence-corrected chi connectivity index (χ1v) is 7.60. The van der Waals surface area contributed by atoms with E-state index >= 15 is 0 Å². The number of nitrogens with one attached hydrogen (secondary N) is 1. The van der Waals surface area contributed by atoms with Gasteiger partial charge < -0.3 is 10.1 Å². The van der Waals surface area contributed by atoms with Gasteiger partial charge in [-0.05, 0) is 40.3 Å². The molecule has 0 aliphatic rings. The highest BCUT2D eigenvalue weighted by molar-refractivity contribution is 14.1. The van der Waals surface area contributed by atoms with Gasteiger partial charge in [-0.3, -0.25) is 4.79 Å². The second-order valence-corrected chi connectivity index (χ2v) is 6.28. The summed E-state index contributed by atoms with van der Waals surface area (Å²) < 4.78 is 1.11. The van der Waals surface area contributed by atoms with Crippen molar-refractivity contribution in [3.63, 3.8) is 0 Å². The molecule has 0 radical (unpaired) electrons. The molecule has 0 saturated carbocycles. The summed E-state index contributed by atoms with van der Waals surface area (Å²) in [6.07, 6.45) is 0. The molecule has 4 nitrogen and oxygen atoms in total. The second-order valence-electron chi connectivity index (χ2n) is 4.15. The molecule has 6 heteroatoms. The Morgan fingerprint density at radius 2 is 2.00 bits per heavy atom. The van der Waals surface area contributed by atoms with Gasteiger partial charge in [-0.2, -0.15) is 5.26 Å². The van der Waals surface area contributed by atoms with Crippen molar-refractivity contribution in [2.45, 2.75) is 0 Å². The van der Waals surface area contributed by atoms with Gasteiger partial charge in [0.25, 0.3) is 5.56 Å². The molecule has 3 aromatic rings. The van der Waals surface area contributed by atoms with Gasteiger partial charge in [0.15, 0.2) is 5.56 Å². The van der Waals surface area contributed by atoms with Gasteiger partial charge in [0.2, 0.25) is 0 Å². The third-order valence-corrected chi connectivity index (χ3v) is 4.60. The van der Waals surface area contributed by atoms with Gasteiger partial charge in [-0.25, -0.2) is 0 Å². The Bertz CT molecular complexity index is 904. The van der Waals surface area contributed by atoms with Gasteiger partial charge in [0.1, 0.15) is 16.6 Å². The van der Waals surface area contributed by atoms with E-state index in [1.807, 2.05) is 29.6 Å². The van der Waals surface area contributed by atoms with Crippen LogP contribution < -0.4 is 5.56 Å². The predicted octanol–water partition coefficient (Wildman–Crippen LogP) is 3.44. The highest BCUT2D eigenvalue weighted by atomic mass is 127. The van der Waals surface area contributed by atoms with E-state index in [2.05, 4.69) is 27.6 Å². The average Bonchev–Trinajstić information content (AvgIpc) is 2.84. The SMILES string of the molecule is N#Cc1c(O)c2c(-c3ccc(I)cc3)csc2[nH]c1=O. The summed E-state index contributed by atoms with van der Waals surface area (Å²) in [5.74, 6) is -0.249. The number of nitriles is 1. The van der Waals surface area contributed by atoms with Crippen molar-refractivity contribution in [2.24, 2.45) is 0 Å². The Labute approximate surface area is 131 Å². The molecule has 0 bridgehead atoms. The van der Waals surface area contributed by atoms with Crippen LogP contribution in [0, 0.1) is 14.9 Å². The van der Waals surface area contributed by atoms with Crippen LogP contribution in [0.15, 0.2) is 34.4 Å². The van der Waals surface area contributed by atoms with E-state index in [0.717, 1.165) is 14.7 Å². The Balaban J connectivity index is 2.36. The van der Waals surface area contributed by atoms with Crippen molar-refractivity contribution in [1.29, 1.82) is 5.26 Å². The van der Waals surface area contributed by atoms with Crippen molar-refractivity contribution in [3.05, 3.63) is 49.1 Å². The number of nitrogens with zero attached hydrogens (tertiary/aromatic N) is 1. The van der Waals surface area contributed by atoms with Gasteiger partial charge in [-0.15, -0.1) is 11.3 Å². The maximum atomic E-state index is 11.6. The molecular weight excluding hydrogens is 387 g/mol. The number of aromatic amines is 1. The summed E-state index contributed by atoms with van der Waals surface area (Å²) in [6.45, 7) is 0. The molecule has 98 valence electrons. The van der Waals surface area contributed by atoms with Crippen LogP contribution in [0.1, 0.15) is 5.56 Å². The highest BCUT2D eigenvalue weighted by Gasteiger charge is 2.17. The van der Waals surface area contributed by atoms with Crippen molar-refractivity contribution in [2.75, 3.05) is 0 Å². The average molecular weight is 394 g/mol. The minimum atomic E-state index is -0.562. The number of hydrogen-bond donors (Lipinski definition) is 2. The zero-order chi connectivity index (χ0) is 14.3. The van der Waals surface area contributed by atoms with Crippen molar-refractivity contribution in [1.82, 2.24) is 4.98 Å². The van der Waals surface area contributed by atoms with Crippen LogP contribution in [0.2, 0.25) is 0 Å². The maximum Gasteiger partial charge on any atom is 0.270 e. The summed E-state index contributed by atoms with van der Waals surface area (Å²) >= 11 is 3.55. The molecular formula is C14H7IN2O2S. The number of rotatable bonds is 1. The van der Waals surface area contributed by atoms with E-state index in [0.29, 0.717) is 10.2 Å². The lowest BCUT2D eigenvalue weighted by Gasteiger charge is -2.03. The number of aromatic hydroxyl groups is 1. The second kappa shape index (κ2) is 4.92. The zero-order valence-electron chi connectivity index (χ0n) is 9.98. The van der Waals surface area contributed by atoms with E-state index < -0.39 is 5.56 Å². The van der Waals surface area contributed by atoms with E-state index in [4.69, 9.17) is 5.26 Å². The fraction of sp³-hybridized carbons (Fsp3) is 0. The lowest BCUT2D eigenvalue weighted by Crippen LogP contribution is -2.09. The topological polar surface area (TPSA) is 76.9 Å². The molecule has 1 aromatic carbocycles. The zero-order valence-corrected chi connectivity index (χ0v) is 12.9. The molecule has 2 heterocycles. The first-order valence-electron chi connectivity index (χ1n) is 5.64. The van der Waals surface area contributed by atoms with E-state index in [9.17, 15) is 9.90 Å². The first-order chi connectivity index (χ1) is 9.61. The van der Waals surface area contributed by atoms with Crippen molar-refractivity contribution >= 4 is 44.1 Å². The molecule has 0 spiro atoms. The van der Waals surface area contributed by atoms with Crippen molar-refractivity contribution < 1.29 is 5.11 Å². The van der Waals surface area contributed by atoms with Crippen LogP contribution in [-0.2, 0) is 0 Å². The summed E-state index contributed by atoms with van der Waals surface area (Å²) in [5.41, 5.74) is 0.936. The fourth-order valence-electron chi connectivity index (χ4n) is 2.03. The molecule has 0 unspecified atom stereocenters. The minimum absolute atomic E-state index is 0.248. The number of thiophene rings is 1. The van der Waals surface area contributed by atoms with Crippen LogP contribution in [0.5, 0.6) is 5.75 Å². The smallest absolute Gasteiger partial charge is 0.270 e. The van der Waals surface area contributed by atoms with E-state index in [-0.39, 0.29) is 11.3 Å². The van der Waals surface area contributed by atoms with Crippen LogP contribution in [0.3, 0.4) is 0 Å². The summed E-state index contributed by atoms with van der Waals surface area (Å²) in [7, 11) is 0. The third-order valence-electron chi connectivity index (χ3n) is 2.99. The van der Waals surface area contributed by atoms with Gasteiger partial charge in [0, 0.05) is 14.5 Å². The van der Waals surface area contributed by atoms with Crippen molar-refractivity contribution in [3.8, 4) is 22.9 Å². The summed E-state index contributed by atoms with van der Waals surface area (Å²) in [6, 6.07) is 9.56. The predicted molar refractivity (Wildman–Crippen MR) is 87.0 cm³/mol. The summed E-state index contributed by atoms with van der Waals surface area (Å²) in [4.78, 5) is 14.8. The van der Waals surface area contributed by atoms with Crippen LogP contribution >= 0.6 is 33.9 Å². The highest BCUT2D eigenvalue weighted by Crippen LogP contribution is 2.38. The minimum Gasteiger partial charge on any atom is -0.506 e. The molecule has 0 fully saturated rings. The van der Waals surface area contributed by atoms with E-state index in [1.54, 1.807) is 6.07 Å². The van der Waals surface area contributed by atoms with Crippen LogP contribution in [0.4, 0.5) is 0 Å². The molecule has 20 heavy (non-hydrogen) atoms. The standard InChI is InChI=1S/C14H7IN2O2S/c15-8-3-1-7(2-4-8)10-6-20-14-11(10)12(18)9(5-16)13(19)17-14/h1-4,6H,(H2,17,18,19). The fourth-order valence-corrected chi connectivity index (χ4v) is 3.35. The first kappa shape index (κ1) is 13.1. The quantitative estimate of drug-likeness (QED) is 0.621. The van der Waals surface area contributed by atoms with Gasteiger partial charge in [-0.1, -0.05) is 12.1 Å². The number of fused-ring (bicyclic) bond motifs is 1. The Hall–Kier alpha value is -1.85. The third kappa shape index (κ3) is 1.99. The maximum absolute atomic E-state index is 11.6. The monoisotopic (exact) mass is 394 g/mol.